The van der Waals surface area contributed by atoms with Gasteiger partial charge in [0.25, 0.3) is 11.2 Å². The smallest absolute Gasteiger partial charge is 0.348 e. The first-order chi connectivity index (χ1) is 14.6. The van der Waals surface area contributed by atoms with Gasteiger partial charge >= 0.3 is 11.9 Å². The standard InChI is InChI=1S/C18H14O14/c19-7-1-5(2-8(20)11(7)23)13(25)17(31,15(27)28)18(32,16(29)30)14(26)6-3-9(21)12(24)10(22)4-6/h1-4,19-24,31-32H,(H,27,28)(H,29,30). The van der Waals surface area contributed by atoms with Gasteiger partial charge in [0.1, 0.15) is 0 Å². The molecule has 0 heterocycles. The summed E-state index contributed by atoms with van der Waals surface area (Å²) in [6.45, 7) is 0. The van der Waals surface area contributed by atoms with Crippen LogP contribution in [0.3, 0.4) is 0 Å². The predicted octanol–water partition coefficient (Wildman–Crippen LogP) is -1.38. The normalized spacial score (nSPS) is 14.7. The number of Topliss-reactive ketones (excluding diaryl/α,β-unsaturated/α-hetero) is 2. The number of carboxylic acid groups (broad SMARTS) is 2. The second-order valence-electron chi connectivity index (χ2n) is 6.42. The average molecular weight is 454 g/mol. The SMILES string of the molecule is O=C(O)C(O)(C(=O)c1cc(O)c(O)c(O)c1)C(O)(C(=O)O)C(=O)c1cc(O)c(O)c(O)c1. The van der Waals surface area contributed by atoms with Gasteiger partial charge in [0.2, 0.25) is 11.6 Å². The molecule has 0 fully saturated rings. The second-order valence-corrected chi connectivity index (χ2v) is 6.42. The van der Waals surface area contributed by atoms with Gasteiger partial charge in [-0.05, 0) is 24.3 Å². The molecular weight excluding hydrogens is 440 g/mol. The molecule has 0 saturated heterocycles. The summed E-state index contributed by atoms with van der Waals surface area (Å²) in [5.74, 6) is -17.1. The highest BCUT2D eigenvalue weighted by molar-refractivity contribution is 6.28. The van der Waals surface area contributed by atoms with Gasteiger partial charge in [-0.25, -0.2) is 9.59 Å². The van der Waals surface area contributed by atoms with E-state index in [-0.39, 0.29) is 0 Å². The van der Waals surface area contributed by atoms with Crippen LogP contribution in [-0.4, -0.2) is 85.8 Å². The molecule has 0 aromatic heterocycles. The number of carbonyl (C=O) groups excluding carboxylic acids is 2. The molecule has 170 valence electrons. The molecule has 0 saturated carbocycles. The quantitative estimate of drug-likeness (QED) is 0.131. The van der Waals surface area contributed by atoms with Gasteiger partial charge in [0.15, 0.2) is 34.5 Å². The summed E-state index contributed by atoms with van der Waals surface area (Å²) in [7, 11) is 0. The van der Waals surface area contributed by atoms with Gasteiger partial charge in [0.05, 0.1) is 0 Å². The largest absolute Gasteiger partial charge is 0.504 e. The Hall–Kier alpha value is -4.56. The molecule has 14 nitrogen and oxygen atoms in total. The number of rotatable bonds is 7. The maximum absolute atomic E-state index is 12.7. The van der Waals surface area contributed by atoms with Crippen molar-refractivity contribution in [2.45, 2.75) is 11.2 Å². The minimum atomic E-state index is -4.52. The molecule has 0 aliphatic carbocycles. The highest BCUT2D eigenvalue weighted by atomic mass is 16.5. The predicted molar refractivity (Wildman–Crippen MR) is 96.7 cm³/mol. The van der Waals surface area contributed by atoms with Crippen molar-refractivity contribution in [3.8, 4) is 34.5 Å². The van der Waals surface area contributed by atoms with Gasteiger partial charge < -0.3 is 51.1 Å². The van der Waals surface area contributed by atoms with Crippen molar-refractivity contribution < 1.29 is 70.2 Å². The molecule has 2 aromatic rings. The van der Waals surface area contributed by atoms with Gasteiger partial charge in [-0.3, -0.25) is 9.59 Å². The number of carboxylic acids is 2. The molecule has 0 aliphatic heterocycles. The molecule has 2 unspecified atom stereocenters. The summed E-state index contributed by atoms with van der Waals surface area (Å²) >= 11 is 0. The minimum absolute atomic E-state index is 0.302. The highest BCUT2D eigenvalue weighted by Crippen LogP contribution is 2.40. The number of phenolic OH excluding ortho intramolecular Hbond substituents is 6. The summed E-state index contributed by atoms with van der Waals surface area (Å²) in [6.07, 6.45) is 0. The molecule has 10 N–H and O–H groups in total. The van der Waals surface area contributed by atoms with Crippen LogP contribution in [0.15, 0.2) is 24.3 Å². The number of hydrogen-bond acceptors (Lipinski definition) is 12. The third-order valence-corrected chi connectivity index (χ3v) is 4.46. The molecule has 0 bridgehead atoms. The van der Waals surface area contributed by atoms with Gasteiger partial charge in [-0.15, -0.1) is 0 Å². The number of phenols is 6. The fraction of sp³-hybridized carbons (Fsp3) is 0.111. The van der Waals surface area contributed by atoms with Crippen molar-refractivity contribution in [2.75, 3.05) is 0 Å². The lowest BCUT2D eigenvalue weighted by Crippen LogP contribution is -2.71. The lowest BCUT2D eigenvalue weighted by Gasteiger charge is -2.34. The van der Waals surface area contributed by atoms with E-state index in [9.17, 15) is 70.2 Å². The number of hydrogen-bond donors (Lipinski definition) is 10. The monoisotopic (exact) mass is 454 g/mol. The van der Waals surface area contributed by atoms with Crippen molar-refractivity contribution in [3.05, 3.63) is 35.4 Å². The van der Waals surface area contributed by atoms with E-state index in [1.54, 1.807) is 0 Å². The van der Waals surface area contributed by atoms with Crippen LogP contribution in [0.1, 0.15) is 20.7 Å². The molecule has 0 aliphatic rings. The highest BCUT2D eigenvalue weighted by Gasteiger charge is 2.70. The third-order valence-electron chi connectivity index (χ3n) is 4.46. The molecule has 0 amide bonds. The van der Waals surface area contributed by atoms with E-state index in [0.717, 1.165) is 0 Å². The maximum Gasteiger partial charge on any atom is 0.348 e. The van der Waals surface area contributed by atoms with Crippen LogP contribution in [-0.2, 0) is 9.59 Å². The van der Waals surface area contributed by atoms with Crippen LogP contribution in [0.2, 0.25) is 0 Å². The number of aliphatic hydroxyl groups is 2. The van der Waals surface area contributed by atoms with E-state index in [1.165, 1.54) is 0 Å². The third kappa shape index (κ3) is 3.24. The summed E-state index contributed by atoms with van der Waals surface area (Å²) in [6, 6.07) is 1.21. The van der Waals surface area contributed by atoms with Gasteiger partial charge in [-0.2, -0.15) is 0 Å². The van der Waals surface area contributed by atoms with Crippen molar-refractivity contribution in [3.63, 3.8) is 0 Å². The number of aromatic hydroxyl groups is 6. The van der Waals surface area contributed by atoms with Crippen LogP contribution in [0.25, 0.3) is 0 Å². The first-order valence-corrected chi connectivity index (χ1v) is 8.11. The van der Waals surface area contributed by atoms with Crippen molar-refractivity contribution in [2.24, 2.45) is 0 Å². The molecule has 14 heteroatoms. The van der Waals surface area contributed by atoms with Gasteiger partial charge in [-0.1, -0.05) is 0 Å². The van der Waals surface area contributed by atoms with E-state index < -0.39 is 80.3 Å². The maximum atomic E-state index is 12.7. The Morgan fingerprint density at radius 1 is 0.531 bits per heavy atom. The Balaban J connectivity index is 2.81. The number of ketones is 2. The van der Waals surface area contributed by atoms with Crippen LogP contribution < -0.4 is 0 Å². The van der Waals surface area contributed by atoms with E-state index in [0.29, 0.717) is 24.3 Å². The number of carbonyl (C=O) groups is 4. The Morgan fingerprint density at radius 2 is 0.750 bits per heavy atom. The number of benzene rings is 2. The molecule has 0 spiro atoms. The summed E-state index contributed by atoms with van der Waals surface area (Å²) in [5.41, 5.74) is -11.3. The van der Waals surface area contributed by atoms with Crippen LogP contribution in [0.4, 0.5) is 0 Å². The van der Waals surface area contributed by atoms with Gasteiger partial charge in [0, 0.05) is 11.1 Å². The molecule has 2 aromatic carbocycles. The molecule has 2 atom stereocenters. The Bertz CT molecular complexity index is 1030. The Morgan fingerprint density at radius 3 is 0.938 bits per heavy atom. The van der Waals surface area contributed by atoms with Crippen molar-refractivity contribution >= 4 is 23.5 Å². The van der Waals surface area contributed by atoms with E-state index in [2.05, 4.69) is 0 Å². The topological polar surface area (TPSA) is 271 Å². The summed E-state index contributed by atoms with van der Waals surface area (Å²) in [4.78, 5) is 49.1. The second kappa shape index (κ2) is 7.60. The average Bonchev–Trinajstić information content (AvgIpc) is 2.72. The molecule has 32 heavy (non-hydrogen) atoms. The summed E-state index contributed by atoms with van der Waals surface area (Å²) in [5, 5.41) is 96.7. The fourth-order valence-electron chi connectivity index (χ4n) is 2.72. The van der Waals surface area contributed by atoms with E-state index in [1.807, 2.05) is 0 Å². The molecular formula is C18H14O14. The lowest BCUT2D eigenvalue weighted by atomic mass is 9.73. The van der Waals surface area contributed by atoms with Crippen molar-refractivity contribution in [1.29, 1.82) is 0 Å². The zero-order valence-electron chi connectivity index (χ0n) is 15.4. The first kappa shape index (κ1) is 23.7. The fourth-order valence-corrected chi connectivity index (χ4v) is 2.72. The summed E-state index contributed by atoms with van der Waals surface area (Å²) < 4.78 is 0. The van der Waals surface area contributed by atoms with Crippen molar-refractivity contribution in [1.82, 2.24) is 0 Å². The molecule has 2 rings (SSSR count). The first-order valence-electron chi connectivity index (χ1n) is 8.11. The van der Waals surface area contributed by atoms with Crippen LogP contribution >= 0.6 is 0 Å². The van der Waals surface area contributed by atoms with E-state index in [4.69, 9.17) is 0 Å². The van der Waals surface area contributed by atoms with Crippen LogP contribution in [0.5, 0.6) is 34.5 Å². The van der Waals surface area contributed by atoms with Crippen LogP contribution in [0, 0.1) is 0 Å². The zero-order valence-corrected chi connectivity index (χ0v) is 15.4. The Labute approximate surface area is 175 Å². The zero-order chi connectivity index (χ0) is 24.8. The minimum Gasteiger partial charge on any atom is -0.504 e. The Kier molecular flexibility index (Phi) is 5.64. The molecule has 0 radical (unpaired) electrons. The number of aliphatic carboxylic acids is 2. The lowest BCUT2D eigenvalue weighted by molar-refractivity contribution is -0.187. The van der Waals surface area contributed by atoms with E-state index >= 15 is 0 Å².